The second kappa shape index (κ2) is 15.3. The van der Waals surface area contributed by atoms with Gasteiger partial charge in [-0.25, -0.2) is 27.6 Å². The lowest BCUT2D eigenvalue weighted by atomic mass is 9.91. The lowest BCUT2D eigenvalue weighted by Crippen LogP contribution is -2.41. The summed E-state index contributed by atoms with van der Waals surface area (Å²) in [7, 11) is -3.07. The highest BCUT2D eigenvalue weighted by Crippen LogP contribution is 2.56. The van der Waals surface area contributed by atoms with E-state index in [4.69, 9.17) is 30.7 Å². The van der Waals surface area contributed by atoms with E-state index < -0.39 is 32.8 Å². The number of benzene rings is 3. The number of H-pyrrole nitrogens is 1. The van der Waals surface area contributed by atoms with Crippen LogP contribution in [0.15, 0.2) is 86.0 Å². The van der Waals surface area contributed by atoms with Crippen molar-refractivity contribution in [3.63, 3.8) is 0 Å². The zero-order chi connectivity index (χ0) is 45.0. The van der Waals surface area contributed by atoms with Crippen molar-refractivity contribution in [2.75, 3.05) is 25.5 Å². The maximum absolute atomic E-state index is 15.5. The van der Waals surface area contributed by atoms with Crippen LogP contribution < -0.4 is 11.4 Å². The molecule has 2 aliphatic heterocycles. The fourth-order valence-electron chi connectivity index (χ4n) is 9.99. The van der Waals surface area contributed by atoms with Crippen molar-refractivity contribution in [2.45, 2.75) is 82.7 Å². The molecule has 3 aromatic carbocycles. The molecule has 2 N–H and O–H groups in total. The van der Waals surface area contributed by atoms with Crippen molar-refractivity contribution >= 4 is 38.1 Å². The molecule has 3 aliphatic rings. The van der Waals surface area contributed by atoms with E-state index in [0.717, 1.165) is 23.7 Å². The number of aryl methyl sites for hydroxylation is 2. The molecule has 1 saturated heterocycles. The van der Waals surface area contributed by atoms with Crippen molar-refractivity contribution in [3.05, 3.63) is 138 Å². The standard InChI is InChI=1S/C46H47ClFN9O6S/c1-6-64(49,61)33-8-10-37(34(47)23-33)54-15-16-55(45(54)60)41-39-28(5)53(14-11-35(39)51-57(41)32-19-25(2)40(48)26(3)20-32)42(58)38-22-31-21-30(29-12-17-62-18-13-29)7-9-36(31)56(38)46(24-27(46)4)43-50-44(59)63-52-43/h7-10,15-16,19-23,27-29,49H,6,11-14,17-18,24H2,1-5H3,(H,50,52,59)/t27-,28-,46-,64+/m0/s1. The number of nitrogens with one attached hydrogen (secondary N) is 2. The lowest BCUT2D eigenvalue weighted by Gasteiger charge is -2.34. The first-order valence-electron chi connectivity index (χ1n) is 21.5. The Kier molecular flexibility index (Phi) is 10.0. The molecule has 0 spiro atoms. The third kappa shape index (κ3) is 6.52. The summed E-state index contributed by atoms with van der Waals surface area (Å²) in [5, 5.41) is 10.3. The van der Waals surface area contributed by atoms with Gasteiger partial charge in [-0.2, -0.15) is 5.10 Å². The molecule has 1 amide bonds. The maximum Gasteiger partial charge on any atom is 0.438 e. The molecule has 0 radical (unpaired) electrons. The molecule has 64 heavy (non-hydrogen) atoms. The van der Waals surface area contributed by atoms with E-state index in [-0.39, 0.29) is 33.3 Å². The number of carbonyl (C=O) groups excluding carboxylic acids is 1. The monoisotopic (exact) mass is 907 g/mol. The van der Waals surface area contributed by atoms with Gasteiger partial charge in [-0.05, 0) is 117 Å². The molecule has 4 atom stereocenters. The van der Waals surface area contributed by atoms with Crippen LogP contribution in [0, 0.1) is 30.4 Å². The summed E-state index contributed by atoms with van der Waals surface area (Å²) in [5.74, 6) is -0.119. The number of aromatic nitrogens is 7. The van der Waals surface area contributed by atoms with Gasteiger partial charge in [-0.15, -0.1) is 0 Å². The smallest absolute Gasteiger partial charge is 0.381 e. The Morgan fingerprint density at radius 2 is 1.75 bits per heavy atom. The van der Waals surface area contributed by atoms with E-state index in [0.29, 0.717) is 89.6 Å². The van der Waals surface area contributed by atoms with Crippen LogP contribution in [0.1, 0.15) is 96.3 Å². The molecular weight excluding hydrogens is 861 g/mol. The quantitative estimate of drug-likeness (QED) is 0.148. The van der Waals surface area contributed by atoms with Gasteiger partial charge in [0.15, 0.2) is 5.82 Å². The van der Waals surface area contributed by atoms with E-state index in [2.05, 4.69) is 35.3 Å². The minimum Gasteiger partial charge on any atom is -0.381 e. The summed E-state index contributed by atoms with van der Waals surface area (Å²) >= 11 is 6.73. The molecule has 0 unspecified atom stereocenters. The number of rotatable bonds is 9. The van der Waals surface area contributed by atoms with Crippen LogP contribution >= 0.6 is 11.6 Å². The molecule has 10 rings (SSSR count). The van der Waals surface area contributed by atoms with Gasteiger partial charge < -0.3 is 14.2 Å². The number of imidazole rings is 1. The number of halogens is 2. The van der Waals surface area contributed by atoms with Crippen molar-refractivity contribution < 1.29 is 22.7 Å². The van der Waals surface area contributed by atoms with Gasteiger partial charge in [0.25, 0.3) is 5.91 Å². The Labute approximate surface area is 372 Å². The summed E-state index contributed by atoms with van der Waals surface area (Å²) in [6.07, 6.45) is 5.94. The maximum atomic E-state index is 15.5. The number of ether oxygens (including phenoxy) is 1. The SMILES string of the molecule is CC[S@@](=N)(=O)c1ccc(-n2ccn(-c3c4c(nn3-c3cc(C)c(F)c(C)c3)CCN(C(=O)c3cc5cc(C6CCOCC6)ccc5n3[C@@]3(c5noc(=O)[nH]5)C[C@@H]3C)[C@H]4C)c2=O)c(Cl)c1. The molecule has 6 heterocycles. The fourth-order valence-corrected chi connectivity index (χ4v) is 11.3. The summed E-state index contributed by atoms with van der Waals surface area (Å²) in [5.41, 5.74) is 4.04. The Morgan fingerprint density at radius 1 is 1.03 bits per heavy atom. The topological polar surface area (TPSA) is 179 Å². The van der Waals surface area contributed by atoms with Crippen LogP contribution in [0.25, 0.3) is 28.1 Å². The molecule has 1 aliphatic carbocycles. The lowest BCUT2D eigenvalue weighted by molar-refractivity contribution is 0.0663. The van der Waals surface area contributed by atoms with Crippen molar-refractivity contribution in [2.24, 2.45) is 5.92 Å². The normalized spacial score (nSPS) is 21.0. The molecule has 4 aromatic heterocycles. The van der Waals surface area contributed by atoms with E-state index in [1.165, 1.54) is 20.8 Å². The molecular formula is C46H47ClFN9O6S. The first-order chi connectivity index (χ1) is 30.6. The molecule has 15 nitrogen and oxygen atoms in total. The second-order valence-corrected chi connectivity index (χ2v) is 20.2. The Balaban J connectivity index is 1.12. The van der Waals surface area contributed by atoms with E-state index in [1.54, 1.807) is 67.0 Å². The molecule has 332 valence electrons. The van der Waals surface area contributed by atoms with Gasteiger partial charge in [0, 0.05) is 65.7 Å². The van der Waals surface area contributed by atoms with Crippen LogP contribution in [0.5, 0.6) is 0 Å². The Morgan fingerprint density at radius 3 is 2.41 bits per heavy atom. The van der Waals surface area contributed by atoms with E-state index in [9.17, 15) is 13.8 Å². The fraction of sp³-hybridized carbons (Fsp3) is 0.370. The third-order valence-corrected chi connectivity index (χ3v) is 15.7. The summed E-state index contributed by atoms with van der Waals surface area (Å²) in [6, 6.07) is 15.6. The zero-order valence-corrected chi connectivity index (χ0v) is 37.6. The first-order valence-corrected chi connectivity index (χ1v) is 23.6. The molecule has 7 aromatic rings. The highest BCUT2D eigenvalue weighted by atomic mass is 35.5. The predicted molar refractivity (Wildman–Crippen MR) is 238 cm³/mol. The van der Waals surface area contributed by atoms with Gasteiger partial charge in [-0.1, -0.05) is 36.7 Å². The van der Waals surface area contributed by atoms with Crippen LogP contribution in [-0.4, -0.2) is 74.1 Å². The Bertz CT molecular complexity index is 3260. The van der Waals surface area contributed by atoms with Gasteiger partial charge in [0.05, 0.1) is 37.9 Å². The number of aromatic amines is 1. The predicted octanol–water partition coefficient (Wildman–Crippen LogP) is 7.72. The third-order valence-electron chi connectivity index (χ3n) is 13.6. The van der Waals surface area contributed by atoms with Crippen LogP contribution in [0.3, 0.4) is 0 Å². The van der Waals surface area contributed by atoms with Crippen LogP contribution in [0.4, 0.5) is 4.39 Å². The minimum atomic E-state index is -3.07. The second-order valence-electron chi connectivity index (χ2n) is 17.4. The number of hydrogen-bond acceptors (Lipinski definition) is 9. The highest BCUT2D eigenvalue weighted by Gasteiger charge is 2.59. The highest BCUT2D eigenvalue weighted by molar-refractivity contribution is 7.92. The van der Waals surface area contributed by atoms with Crippen LogP contribution in [-0.2, 0) is 26.4 Å². The van der Waals surface area contributed by atoms with Gasteiger partial charge in [0.1, 0.15) is 22.9 Å². The Hall–Kier alpha value is -6.04. The summed E-state index contributed by atoms with van der Waals surface area (Å²) < 4.78 is 53.4. The van der Waals surface area contributed by atoms with Crippen molar-refractivity contribution in [3.8, 4) is 17.2 Å². The summed E-state index contributed by atoms with van der Waals surface area (Å²) in [4.78, 5) is 47.4. The molecule has 18 heteroatoms. The zero-order valence-electron chi connectivity index (χ0n) is 36.0. The molecule has 0 bridgehead atoms. The van der Waals surface area contributed by atoms with E-state index in [1.807, 2.05) is 17.6 Å². The number of nitrogens with zero attached hydrogens (tertiary/aromatic N) is 7. The average molecular weight is 908 g/mol. The first kappa shape index (κ1) is 41.9. The van der Waals surface area contributed by atoms with E-state index >= 15 is 9.18 Å². The number of hydrogen-bond donors (Lipinski definition) is 2. The number of carbonyl (C=O) groups is 1. The molecule has 2 fully saturated rings. The summed E-state index contributed by atoms with van der Waals surface area (Å²) in [6.45, 7) is 10.7. The minimum absolute atomic E-state index is 0.00624. The van der Waals surface area contributed by atoms with Crippen molar-refractivity contribution in [1.29, 1.82) is 4.78 Å². The van der Waals surface area contributed by atoms with Crippen molar-refractivity contribution in [1.82, 2.24) is 38.5 Å². The van der Waals surface area contributed by atoms with Gasteiger partial charge in [-0.3, -0.25) is 23.4 Å². The largest absolute Gasteiger partial charge is 0.438 e. The van der Waals surface area contributed by atoms with Gasteiger partial charge >= 0.3 is 11.4 Å². The number of amides is 1. The van der Waals surface area contributed by atoms with Gasteiger partial charge in [0.2, 0.25) is 0 Å². The number of fused-ring (bicyclic) bond motifs is 2. The van der Waals surface area contributed by atoms with Crippen LogP contribution in [0.2, 0.25) is 5.02 Å². The average Bonchev–Trinajstić information content (AvgIpc) is 3.78. The molecule has 1 saturated carbocycles.